The molecular weight excluding hydrogens is 361 g/mol. The molecule has 2 aromatic heterocycles. The second-order valence-electron chi connectivity index (χ2n) is 6.90. The summed E-state index contributed by atoms with van der Waals surface area (Å²) in [6.45, 7) is 1.69. The highest BCUT2D eigenvalue weighted by Crippen LogP contribution is 2.25. The molecule has 28 heavy (non-hydrogen) atoms. The predicted molar refractivity (Wildman–Crippen MR) is 100 cm³/mol. The third-order valence-electron chi connectivity index (χ3n) is 5.02. The first kappa shape index (κ1) is 18.3. The molecule has 0 saturated carbocycles. The number of aromatic amines is 1. The molecule has 0 bridgehead atoms. The molecule has 0 atom stereocenters. The third-order valence-corrected chi connectivity index (χ3v) is 5.02. The average Bonchev–Trinajstić information content (AvgIpc) is 3.38. The van der Waals surface area contributed by atoms with Gasteiger partial charge in [0.05, 0.1) is 24.3 Å². The fourth-order valence-corrected chi connectivity index (χ4v) is 3.43. The predicted octanol–water partition coefficient (Wildman–Crippen LogP) is 1.54. The van der Waals surface area contributed by atoms with Gasteiger partial charge < -0.3 is 10.6 Å². The van der Waals surface area contributed by atoms with Crippen LogP contribution in [-0.2, 0) is 17.8 Å². The maximum Gasteiger partial charge on any atom is 0.228 e. The van der Waals surface area contributed by atoms with E-state index in [1.807, 2.05) is 11.0 Å². The van der Waals surface area contributed by atoms with Gasteiger partial charge >= 0.3 is 0 Å². The standard InChI is InChI=1S/C19H22FN7O/c20-14-1-3-16(4-2-14)27-10-7-15(25-27)11-18(28)26-8-5-13(6-9-26)19-22-17(12-21)23-24-19/h1-4,7,10,13H,5-6,8-9,11-12,21H2,(H,22,23,24). The van der Waals surface area contributed by atoms with Crippen LogP contribution in [0, 0.1) is 5.82 Å². The summed E-state index contributed by atoms with van der Waals surface area (Å²) < 4.78 is 14.7. The van der Waals surface area contributed by atoms with Gasteiger partial charge in [0.2, 0.25) is 5.91 Å². The van der Waals surface area contributed by atoms with Crippen LogP contribution in [0.15, 0.2) is 36.5 Å². The van der Waals surface area contributed by atoms with E-state index in [0.29, 0.717) is 31.2 Å². The van der Waals surface area contributed by atoms with Gasteiger partial charge in [-0.25, -0.2) is 14.1 Å². The Bertz CT molecular complexity index is 941. The summed E-state index contributed by atoms with van der Waals surface area (Å²) in [5.74, 6) is 1.48. The lowest BCUT2D eigenvalue weighted by Crippen LogP contribution is -2.39. The van der Waals surface area contributed by atoms with Crippen molar-refractivity contribution in [3.8, 4) is 5.69 Å². The molecule has 3 heterocycles. The number of hydrogen-bond acceptors (Lipinski definition) is 5. The van der Waals surface area contributed by atoms with Crippen molar-refractivity contribution in [1.29, 1.82) is 0 Å². The molecule has 1 amide bonds. The minimum Gasteiger partial charge on any atom is -0.342 e. The Morgan fingerprint density at radius 2 is 1.96 bits per heavy atom. The number of rotatable bonds is 5. The van der Waals surface area contributed by atoms with Crippen LogP contribution in [0.1, 0.15) is 36.1 Å². The van der Waals surface area contributed by atoms with E-state index >= 15 is 0 Å². The number of amides is 1. The molecule has 0 spiro atoms. The van der Waals surface area contributed by atoms with Crippen LogP contribution >= 0.6 is 0 Å². The number of H-pyrrole nitrogens is 1. The number of carbonyl (C=O) groups is 1. The van der Waals surface area contributed by atoms with Gasteiger partial charge in [-0.3, -0.25) is 9.89 Å². The first-order valence-corrected chi connectivity index (χ1v) is 9.32. The molecule has 3 aromatic rings. The van der Waals surface area contributed by atoms with Gasteiger partial charge in [-0.05, 0) is 43.2 Å². The summed E-state index contributed by atoms with van der Waals surface area (Å²) >= 11 is 0. The van der Waals surface area contributed by atoms with Crippen molar-refractivity contribution in [3.63, 3.8) is 0 Å². The Morgan fingerprint density at radius 3 is 2.64 bits per heavy atom. The van der Waals surface area contributed by atoms with Crippen molar-refractivity contribution in [2.24, 2.45) is 5.73 Å². The van der Waals surface area contributed by atoms with Gasteiger partial charge in [-0.1, -0.05) is 0 Å². The number of likely N-dealkylation sites (tertiary alicyclic amines) is 1. The molecule has 0 radical (unpaired) electrons. The number of nitrogens with two attached hydrogens (primary N) is 1. The smallest absolute Gasteiger partial charge is 0.228 e. The van der Waals surface area contributed by atoms with Crippen LogP contribution < -0.4 is 5.73 Å². The van der Waals surface area contributed by atoms with E-state index < -0.39 is 0 Å². The summed E-state index contributed by atoms with van der Waals surface area (Å²) in [6, 6.07) is 7.89. The zero-order chi connectivity index (χ0) is 19.5. The zero-order valence-electron chi connectivity index (χ0n) is 15.4. The normalized spacial score (nSPS) is 15.1. The largest absolute Gasteiger partial charge is 0.342 e. The van der Waals surface area contributed by atoms with Crippen molar-refractivity contribution in [1.82, 2.24) is 29.9 Å². The number of halogens is 1. The summed E-state index contributed by atoms with van der Waals surface area (Å²) in [4.78, 5) is 18.9. The molecule has 0 aliphatic carbocycles. The third kappa shape index (κ3) is 3.94. The Kier molecular flexibility index (Phi) is 5.16. The average molecular weight is 383 g/mol. The van der Waals surface area contributed by atoms with Crippen LogP contribution in [0.3, 0.4) is 0 Å². The second-order valence-corrected chi connectivity index (χ2v) is 6.90. The molecule has 1 aromatic carbocycles. The Hall–Kier alpha value is -3.07. The molecule has 1 aliphatic heterocycles. The fourth-order valence-electron chi connectivity index (χ4n) is 3.43. The minimum atomic E-state index is -0.293. The van der Waals surface area contributed by atoms with Crippen LogP contribution in [0.4, 0.5) is 4.39 Å². The van der Waals surface area contributed by atoms with E-state index in [4.69, 9.17) is 5.73 Å². The summed E-state index contributed by atoms with van der Waals surface area (Å²) in [6.07, 6.45) is 3.69. The molecular formula is C19H22FN7O. The molecule has 0 unspecified atom stereocenters. The molecule has 1 fully saturated rings. The Balaban J connectivity index is 1.33. The number of nitrogens with one attached hydrogen (secondary N) is 1. The van der Waals surface area contributed by atoms with E-state index in [0.717, 1.165) is 24.4 Å². The van der Waals surface area contributed by atoms with Crippen LogP contribution in [0.25, 0.3) is 5.69 Å². The first-order chi connectivity index (χ1) is 13.6. The summed E-state index contributed by atoms with van der Waals surface area (Å²) in [5.41, 5.74) is 7.01. The van der Waals surface area contributed by atoms with Crippen LogP contribution in [0.2, 0.25) is 0 Å². The van der Waals surface area contributed by atoms with Gasteiger partial charge in [0.25, 0.3) is 0 Å². The van der Waals surface area contributed by atoms with Gasteiger partial charge in [0.1, 0.15) is 11.6 Å². The van der Waals surface area contributed by atoms with E-state index in [2.05, 4.69) is 20.3 Å². The van der Waals surface area contributed by atoms with E-state index in [1.54, 1.807) is 23.0 Å². The van der Waals surface area contributed by atoms with Gasteiger partial charge in [-0.2, -0.15) is 10.2 Å². The summed E-state index contributed by atoms with van der Waals surface area (Å²) in [5, 5.41) is 11.5. The number of nitrogens with zero attached hydrogens (tertiary/aromatic N) is 5. The molecule has 9 heteroatoms. The highest BCUT2D eigenvalue weighted by molar-refractivity contribution is 5.78. The maximum atomic E-state index is 13.0. The van der Waals surface area contributed by atoms with Crippen LogP contribution in [0.5, 0.6) is 0 Å². The lowest BCUT2D eigenvalue weighted by Gasteiger charge is -2.30. The molecule has 4 rings (SSSR count). The van der Waals surface area contributed by atoms with Gasteiger partial charge in [0.15, 0.2) is 5.82 Å². The Labute approximate surface area is 161 Å². The lowest BCUT2D eigenvalue weighted by atomic mass is 9.96. The van der Waals surface area contributed by atoms with Crippen molar-refractivity contribution in [2.45, 2.75) is 31.7 Å². The van der Waals surface area contributed by atoms with E-state index in [1.165, 1.54) is 12.1 Å². The first-order valence-electron chi connectivity index (χ1n) is 9.32. The molecule has 8 nitrogen and oxygen atoms in total. The van der Waals surface area contributed by atoms with Crippen molar-refractivity contribution < 1.29 is 9.18 Å². The van der Waals surface area contributed by atoms with Crippen LogP contribution in [-0.4, -0.2) is 48.9 Å². The number of piperidine rings is 1. The number of benzene rings is 1. The SMILES string of the molecule is NCc1nc(C2CCN(C(=O)Cc3ccn(-c4ccc(F)cc4)n3)CC2)n[nH]1. The topological polar surface area (TPSA) is 106 Å². The molecule has 1 saturated heterocycles. The minimum absolute atomic E-state index is 0.0560. The van der Waals surface area contributed by atoms with E-state index in [-0.39, 0.29) is 24.1 Å². The fraction of sp³-hybridized carbons (Fsp3) is 0.368. The molecule has 146 valence electrons. The highest BCUT2D eigenvalue weighted by Gasteiger charge is 2.26. The van der Waals surface area contributed by atoms with Crippen molar-refractivity contribution >= 4 is 5.91 Å². The maximum absolute atomic E-state index is 13.0. The van der Waals surface area contributed by atoms with Crippen molar-refractivity contribution in [3.05, 3.63) is 59.7 Å². The van der Waals surface area contributed by atoms with Gasteiger partial charge in [-0.15, -0.1) is 0 Å². The number of carbonyl (C=O) groups excluding carboxylic acids is 1. The van der Waals surface area contributed by atoms with Crippen molar-refractivity contribution in [2.75, 3.05) is 13.1 Å². The number of hydrogen-bond donors (Lipinski definition) is 2. The molecule has 3 N–H and O–H groups in total. The van der Waals surface area contributed by atoms with Gasteiger partial charge in [0, 0.05) is 25.2 Å². The summed E-state index contributed by atoms with van der Waals surface area (Å²) in [7, 11) is 0. The monoisotopic (exact) mass is 383 g/mol. The zero-order valence-corrected chi connectivity index (χ0v) is 15.4. The number of aromatic nitrogens is 5. The molecule has 1 aliphatic rings. The quantitative estimate of drug-likeness (QED) is 0.695. The highest BCUT2D eigenvalue weighted by atomic mass is 19.1. The lowest BCUT2D eigenvalue weighted by molar-refractivity contribution is -0.131. The second kappa shape index (κ2) is 7.89. The van der Waals surface area contributed by atoms with E-state index in [9.17, 15) is 9.18 Å². The Morgan fingerprint density at radius 1 is 1.21 bits per heavy atom.